The second-order valence-corrected chi connectivity index (χ2v) is 4.04. The van der Waals surface area contributed by atoms with Gasteiger partial charge < -0.3 is 0 Å². The van der Waals surface area contributed by atoms with E-state index in [0.29, 0.717) is 6.42 Å². The van der Waals surface area contributed by atoms with Crippen molar-refractivity contribution in [3.63, 3.8) is 0 Å². The monoisotopic (exact) mass is 291 g/mol. The number of hydrogen-bond donors (Lipinski definition) is 0. The van der Waals surface area contributed by atoms with Gasteiger partial charge in [0.1, 0.15) is 0 Å². The number of nitriles is 1. The molecule has 3 heteroatoms. The van der Waals surface area contributed by atoms with Crippen molar-refractivity contribution in [2.45, 2.75) is 13.3 Å². The average Bonchev–Trinajstić information content (AvgIpc) is 2.06. The van der Waals surface area contributed by atoms with Crippen molar-refractivity contribution in [1.82, 2.24) is 0 Å². The van der Waals surface area contributed by atoms with Crippen LogP contribution in [0, 0.1) is 21.8 Å². The van der Waals surface area contributed by atoms with Crippen LogP contribution in [0.25, 0.3) is 0 Å². The Morgan fingerprint density at radius 2 is 2.25 bits per heavy atom. The fraction of sp³-hybridized carbons (Fsp3) is 0.222. The predicted octanol–water partition coefficient (Wildman–Crippen LogP) is 3.32. The van der Waals surface area contributed by atoms with E-state index in [4.69, 9.17) is 16.9 Å². The van der Waals surface area contributed by atoms with Crippen molar-refractivity contribution in [3.05, 3.63) is 31.9 Å². The van der Waals surface area contributed by atoms with Crippen LogP contribution < -0.4 is 0 Å². The minimum atomic E-state index is 0.435. The van der Waals surface area contributed by atoms with E-state index in [0.717, 1.165) is 19.7 Å². The first kappa shape index (κ1) is 9.82. The highest BCUT2D eigenvalue weighted by atomic mass is 127. The summed E-state index contributed by atoms with van der Waals surface area (Å²) in [5, 5.41) is 9.30. The minimum absolute atomic E-state index is 0.435. The first-order chi connectivity index (χ1) is 5.66. The van der Waals surface area contributed by atoms with Crippen molar-refractivity contribution in [2.75, 3.05) is 0 Å². The molecule has 0 saturated carbocycles. The van der Waals surface area contributed by atoms with Crippen LogP contribution in [-0.4, -0.2) is 0 Å². The molecule has 62 valence electrons. The van der Waals surface area contributed by atoms with Crippen molar-refractivity contribution < 1.29 is 0 Å². The summed E-state index contributed by atoms with van der Waals surface area (Å²) in [6.07, 6.45) is 0.435. The van der Waals surface area contributed by atoms with Gasteiger partial charge in [-0.1, -0.05) is 11.6 Å². The van der Waals surface area contributed by atoms with Gasteiger partial charge in [0, 0.05) is 8.59 Å². The number of nitrogens with zero attached hydrogens (tertiary/aromatic N) is 1. The summed E-state index contributed by atoms with van der Waals surface area (Å²) in [6, 6.07) is 5.92. The van der Waals surface area contributed by atoms with E-state index in [-0.39, 0.29) is 0 Å². The van der Waals surface area contributed by atoms with Gasteiger partial charge in [0.15, 0.2) is 0 Å². The van der Waals surface area contributed by atoms with Crippen LogP contribution in [0.3, 0.4) is 0 Å². The molecule has 0 saturated heterocycles. The van der Waals surface area contributed by atoms with Gasteiger partial charge in [-0.05, 0) is 52.8 Å². The molecule has 1 rings (SSSR count). The van der Waals surface area contributed by atoms with E-state index >= 15 is 0 Å². The molecule has 0 radical (unpaired) electrons. The lowest BCUT2D eigenvalue weighted by Crippen LogP contribution is -1.92. The Balaban J connectivity index is 3.25. The van der Waals surface area contributed by atoms with Gasteiger partial charge in [-0.25, -0.2) is 0 Å². The van der Waals surface area contributed by atoms with E-state index in [1.165, 1.54) is 0 Å². The van der Waals surface area contributed by atoms with E-state index in [9.17, 15) is 0 Å². The van der Waals surface area contributed by atoms with Crippen LogP contribution in [-0.2, 0) is 6.42 Å². The SMILES string of the molecule is Cc1c(Cl)ccc(I)c1CC#N. The lowest BCUT2D eigenvalue weighted by molar-refractivity contribution is 1.19. The Morgan fingerprint density at radius 3 is 2.83 bits per heavy atom. The smallest absolute Gasteiger partial charge is 0.0670 e. The van der Waals surface area contributed by atoms with Crippen LogP contribution in [0.1, 0.15) is 11.1 Å². The van der Waals surface area contributed by atoms with Crippen LogP contribution in [0.15, 0.2) is 12.1 Å². The third kappa shape index (κ3) is 1.90. The zero-order valence-corrected chi connectivity index (χ0v) is 9.48. The molecule has 1 aromatic carbocycles. The summed E-state index contributed by atoms with van der Waals surface area (Å²) in [6.45, 7) is 1.94. The molecule has 0 aliphatic carbocycles. The first-order valence-electron chi connectivity index (χ1n) is 3.47. The van der Waals surface area contributed by atoms with E-state index in [1.54, 1.807) is 0 Å². The molecule has 0 spiro atoms. The van der Waals surface area contributed by atoms with Crippen LogP contribution in [0.5, 0.6) is 0 Å². The number of benzene rings is 1. The van der Waals surface area contributed by atoms with Crippen molar-refractivity contribution in [2.24, 2.45) is 0 Å². The van der Waals surface area contributed by atoms with Gasteiger partial charge in [0.2, 0.25) is 0 Å². The quantitative estimate of drug-likeness (QED) is 0.728. The molecule has 0 aliphatic heterocycles. The molecule has 0 N–H and O–H groups in total. The van der Waals surface area contributed by atoms with Gasteiger partial charge >= 0.3 is 0 Å². The molecular formula is C9H7ClIN. The first-order valence-corrected chi connectivity index (χ1v) is 4.93. The topological polar surface area (TPSA) is 23.8 Å². The van der Waals surface area contributed by atoms with Crippen LogP contribution in [0.4, 0.5) is 0 Å². The second kappa shape index (κ2) is 4.11. The van der Waals surface area contributed by atoms with Gasteiger partial charge in [-0.3, -0.25) is 0 Å². The van der Waals surface area contributed by atoms with E-state index in [1.807, 2.05) is 19.1 Å². The Labute approximate surface area is 90.5 Å². The van der Waals surface area contributed by atoms with E-state index < -0.39 is 0 Å². The Morgan fingerprint density at radius 1 is 1.58 bits per heavy atom. The normalized spacial score (nSPS) is 9.50. The molecule has 0 aromatic heterocycles. The largest absolute Gasteiger partial charge is 0.198 e. The molecule has 0 atom stereocenters. The molecule has 0 bridgehead atoms. The molecule has 0 unspecified atom stereocenters. The van der Waals surface area contributed by atoms with Crippen molar-refractivity contribution >= 4 is 34.2 Å². The van der Waals surface area contributed by atoms with Gasteiger partial charge in [0.25, 0.3) is 0 Å². The number of halogens is 2. The maximum absolute atomic E-state index is 8.56. The summed E-state index contributed by atoms with van der Waals surface area (Å²) in [4.78, 5) is 0. The Hall–Kier alpha value is -0.270. The maximum atomic E-state index is 8.56. The maximum Gasteiger partial charge on any atom is 0.0670 e. The zero-order chi connectivity index (χ0) is 9.14. The van der Waals surface area contributed by atoms with Crippen molar-refractivity contribution in [1.29, 1.82) is 5.26 Å². The van der Waals surface area contributed by atoms with E-state index in [2.05, 4.69) is 28.7 Å². The standard InChI is InChI=1S/C9H7ClIN/c1-6-7(4-5-12)9(11)3-2-8(6)10/h2-3H,4H2,1H3. The highest BCUT2D eigenvalue weighted by Crippen LogP contribution is 2.24. The minimum Gasteiger partial charge on any atom is -0.198 e. The van der Waals surface area contributed by atoms with Gasteiger partial charge in [-0.2, -0.15) is 5.26 Å². The molecule has 0 fully saturated rings. The molecule has 0 amide bonds. The Kier molecular flexibility index (Phi) is 3.36. The second-order valence-electron chi connectivity index (χ2n) is 2.47. The average molecular weight is 292 g/mol. The molecular weight excluding hydrogens is 284 g/mol. The molecule has 12 heavy (non-hydrogen) atoms. The van der Waals surface area contributed by atoms with Crippen LogP contribution in [0.2, 0.25) is 5.02 Å². The fourth-order valence-corrected chi connectivity index (χ4v) is 1.94. The number of rotatable bonds is 1. The highest BCUT2D eigenvalue weighted by Gasteiger charge is 2.05. The van der Waals surface area contributed by atoms with Crippen molar-refractivity contribution in [3.8, 4) is 6.07 Å². The summed E-state index contributed by atoms with van der Waals surface area (Å²) in [5.41, 5.74) is 2.07. The highest BCUT2D eigenvalue weighted by molar-refractivity contribution is 14.1. The molecule has 1 nitrogen and oxygen atoms in total. The summed E-state index contributed by atoms with van der Waals surface area (Å²) in [5.74, 6) is 0. The molecule has 1 aromatic rings. The van der Waals surface area contributed by atoms with Gasteiger partial charge in [-0.15, -0.1) is 0 Å². The summed E-state index contributed by atoms with van der Waals surface area (Å²) in [7, 11) is 0. The predicted molar refractivity (Wildman–Crippen MR) is 58.2 cm³/mol. The molecule has 0 aliphatic rings. The number of hydrogen-bond acceptors (Lipinski definition) is 1. The molecule has 0 heterocycles. The zero-order valence-electron chi connectivity index (χ0n) is 6.56. The fourth-order valence-electron chi connectivity index (χ4n) is 0.991. The van der Waals surface area contributed by atoms with Gasteiger partial charge in [0.05, 0.1) is 12.5 Å². The Bertz CT molecular complexity index is 341. The lowest BCUT2D eigenvalue weighted by atomic mass is 10.1. The lowest BCUT2D eigenvalue weighted by Gasteiger charge is -2.05. The summed E-state index contributed by atoms with van der Waals surface area (Å²) < 4.78 is 1.11. The third-order valence-corrected chi connectivity index (χ3v) is 3.15. The third-order valence-electron chi connectivity index (χ3n) is 1.73. The summed E-state index contributed by atoms with van der Waals surface area (Å²) >= 11 is 8.13. The van der Waals surface area contributed by atoms with Crippen LogP contribution >= 0.6 is 34.2 Å².